The van der Waals surface area contributed by atoms with Crippen molar-refractivity contribution >= 4 is 6.40 Å². The molecule has 5 nitrogen and oxygen atoms in total. The molecule has 1 aromatic carbocycles. The Labute approximate surface area is 146 Å². The van der Waals surface area contributed by atoms with Crippen molar-refractivity contribution in [3.8, 4) is 0 Å². The zero-order valence-corrected chi connectivity index (χ0v) is 14.0. The lowest BCUT2D eigenvalue weighted by molar-refractivity contribution is -0.228. The zero-order chi connectivity index (χ0) is 17.7. The second-order valence-corrected chi connectivity index (χ2v) is 6.47. The number of aromatic nitrogens is 1. The highest BCUT2D eigenvalue weighted by Crippen LogP contribution is 2.40. The molecule has 0 amide bonds. The summed E-state index contributed by atoms with van der Waals surface area (Å²) in [5, 5.41) is 6.78. The standard InChI is InChI=1S/C19H22FN3O2/c20-18-4-3-17(11-15(18)12-24-25-13-21)19(22,8-5-14-1-2-14)16-6-9-23-10-7-16/h3-4,6-7,9-11,13-14,21H,1-2,5,8,12,22H2. The van der Waals surface area contributed by atoms with Gasteiger partial charge in [-0.1, -0.05) is 18.9 Å². The van der Waals surface area contributed by atoms with Gasteiger partial charge in [-0.25, -0.2) is 4.39 Å². The fraction of sp³-hybridized carbons (Fsp3) is 0.368. The van der Waals surface area contributed by atoms with Crippen LogP contribution in [0.2, 0.25) is 0 Å². The van der Waals surface area contributed by atoms with Crippen molar-refractivity contribution in [2.24, 2.45) is 11.7 Å². The molecule has 0 aliphatic heterocycles. The Kier molecular flexibility index (Phi) is 5.40. The Morgan fingerprint density at radius 3 is 2.68 bits per heavy atom. The molecule has 1 heterocycles. The van der Waals surface area contributed by atoms with Crippen molar-refractivity contribution in [3.05, 3.63) is 65.2 Å². The molecule has 0 spiro atoms. The van der Waals surface area contributed by atoms with E-state index in [9.17, 15) is 4.39 Å². The Hall–Kier alpha value is -2.31. The van der Waals surface area contributed by atoms with Gasteiger partial charge in [0.2, 0.25) is 6.40 Å². The Balaban J connectivity index is 1.91. The van der Waals surface area contributed by atoms with Crippen molar-refractivity contribution in [3.63, 3.8) is 0 Å². The van der Waals surface area contributed by atoms with E-state index in [-0.39, 0.29) is 6.61 Å². The summed E-state index contributed by atoms with van der Waals surface area (Å²) in [6, 6.07) is 8.66. The van der Waals surface area contributed by atoms with E-state index in [1.165, 1.54) is 18.9 Å². The third-order valence-corrected chi connectivity index (χ3v) is 4.73. The highest BCUT2D eigenvalue weighted by molar-refractivity contribution is 5.40. The molecule has 0 saturated heterocycles. The predicted molar refractivity (Wildman–Crippen MR) is 92.2 cm³/mol. The maximum atomic E-state index is 14.1. The number of halogens is 1. The van der Waals surface area contributed by atoms with E-state index in [0.29, 0.717) is 12.0 Å². The average molecular weight is 343 g/mol. The minimum absolute atomic E-state index is 0.0932. The first-order valence-corrected chi connectivity index (χ1v) is 8.39. The van der Waals surface area contributed by atoms with Gasteiger partial charge in [0.1, 0.15) is 12.4 Å². The van der Waals surface area contributed by atoms with E-state index in [2.05, 4.69) is 9.87 Å². The summed E-state index contributed by atoms with van der Waals surface area (Å²) < 4.78 is 14.1. The summed E-state index contributed by atoms with van der Waals surface area (Å²) in [4.78, 5) is 13.3. The molecule has 1 atom stereocenters. The number of benzene rings is 1. The van der Waals surface area contributed by atoms with Crippen LogP contribution < -0.4 is 5.73 Å². The van der Waals surface area contributed by atoms with Crippen LogP contribution in [0, 0.1) is 17.1 Å². The molecule has 1 unspecified atom stereocenters. The molecule has 25 heavy (non-hydrogen) atoms. The minimum atomic E-state index is -0.712. The summed E-state index contributed by atoms with van der Waals surface area (Å²) in [6.45, 7) is -0.0932. The van der Waals surface area contributed by atoms with Crippen LogP contribution in [0.3, 0.4) is 0 Å². The van der Waals surface area contributed by atoms with Crippen LogP contribution in [0.4, 0.5) is 4.39 Å². The van der Waals surface area contributed by atoms with Gasteiger partial charge in [0.25, 0.3) is 0 Å². The van der Waals surface area contributed by atoms with Gasteiger partial charge in [0.05, 0.1) is 5.54 Å². The van der Waals surface area contributed by atoms with Crippen molar-refractivity contribution in [1.82, 2.24) is 4.98 Å². The van der Waals surface area contributed by atoms with E-state index in [4.69, 9.17) is 16.0 Å². The molecule has 0 radical (unpaired) electrons. The number of hydrogen-bond donors (Lipinski definition) is 2. The lowest BCUT2D eigenvalue weighted by Crippen LogP contribution is -2.38. The van der Waals surface area contributed by atoms with Gasteiger partial charge >= 0.3 is 0 Å². The summed E-state index contributed by atoms with van der Waals surface area (Å²) in [5.74, 6) is 0.352. The molecule has 3 N–H and O–H groups in total. The van der Waals surface area contributed by atoms with Crippen LogP contribution in [-0.2, 0) is 21.9 Å². The van der Waals surface area contributed by atoms with E-state index >= 15 is 0 Å². The highest BCUT2D eigenvalue weighted by atomic mass is 19.1. The predicted octanol–water partition coefficient (Wildman–Crippen LogP) is 3.67. The molecular formula is C19H22FN3O2. The monoisotopic (exact) mass is 343 g/mol. The van der Waals surface area contributed by atoms with Crippen LogP contribution in [0.5, 0.6) is 0 Å². The van der Waals surface area contributed by atoms with Gasteiger partial charge in [-0.2, -0.15) is 4.89 Å². The van der Waals surface area contributed by atoms with E-state index < -0.39 is 11.4 Å². The lowest BCUT2D eigenvalue weighted by Gasteiger charge is -2.31. The Morgan fingerprint density at radius 1 is 1.24 bits per heavy atom. The van der Waals surface area contributed by atoms with Crippen LogP contribution in [0.1, 0.15) is 42.4 Å². The third-order valence-electron chi connectivity index (χ3n) is 4.73. The first-order chi connectivity index (χ1) is 12.1. The van der Waals surface area contributed by atoms with Gasteiger partial charge in [-0.15, -0.1) is 0 Å². The number of nitrogens with zero attached hydrogens (tertiary/aromatic N) is 1. The molecule has 1 aromatic heterocycles. The molecular weight excluding hydrogens is 321 g/mol. The maximum absolute atomic E-state index is 14.1. The molecule has 132 valence electrons. The number of nitrogens with one attached hydrogen (secondary N) is 1. The maximum Gasteiger partial charge on any atom is 0.212 e. The highest BCUT2D eigenvalue weighted by Gasteiger charge is 2.33. The van der Waals surface area contributed by atoms with E-state index in [1.807, 2.05) is 12.1 Å². The van der Waals surface area contributed by atoms with Crippen molar-refractivity contribution < 1.29 is 14.2 Å². The fourth-order valence-corrected chi connectivity index (χ4v) is 3.04. The Bertz CT molecular complexity index is 722. The van der Waals surface area contributed by atoms with Crippen molar-refractivity contribution in [2.75, 3.05) is 0 Å². The molecule has 3 rings (SSSR count). The largest absolute Gasteiger partial charge is 0.325 e. The fourth-order valence-electron chi connectivity index (χ4n) is 3.04. The average Bonchev–Trinajstić information content (AvgIpc) is 3.47. The summed E-state index contributed by atoms with van der Waals surface area (Å²) in [5.41, 5.74) is 8.25. The van der Waals surface area contributed by atoms with Gasteiger partial charge in [-0.05, 0) is 54.2 Å². The van der Waals surface area contributed by atoms with Gasteiger partial charge in [-0.3, -0.25) is 10.4 Å². The first kappa shape index (κ1) is 17.5. The molecule has 2 aromatic rings. The minimum Gasteiger partial charge on any atom is -0.325 e. The van der Waals surface area contributed by atoms with Gasteiger partial charge in [0, 0.05) is 18.0 Å². The number of rotatable bonds is 9. The van der Waals surface area contributed by atoms with Gasteiger partial charge in [0.15, 0.2) is 0 Å². The topological polar surface area (TPSA) is 81.2 Å². The van der Waals surface area contributed by atoms with Crippen LogP contribution in [0.25, 0.3) is 0 Å². The molecule has 0 bridgehead atoms. The number of hydrogen-bond acceptors (Lipinski definition) is 5. The lowest BCUT2D eigenvalue weighted by atomic mass is 9.79. The molecule has 1 aliphatic carbocycles. The van der Waals surface area contributed by atoms with Crippen LogP contribution in [0.15, 0.2) is 42.7 Å². The molecule has 1 saturated carbocycles. The van der Waals surface area contributed by atoms with Crippen molar-refractivity contribution in [1.29, 1.82) is 5.41 Å². The van der Waals surface area contributed by atoms with E-state index in [0.717, 1.165) is 29.9 Å². The molecule has 6 heteroatoms. The zero-order valence-electron chi connectivity index (χ0n) is 14.0. The van der Waals surface area contributed by atoms with Crippen LogP contribution in [-0.4, -0.2) is 11.4 Å². The molecule has 1 aliphatic rings. The summed E-state index contributed by atoms with van der Waals surface area (Å²) >= 11 is 0. The van der Waals surface area contributed by atoms with E-state index in [1.54, 1.807) is 24.5 Å². The van der Waals surface area contributed by atoms with Gasteiger partial charge < -0.3 is 10.6 Å². The Morgan fingerprint density at radius 2 is 2.00 bits per heavy atom. The van der Waals surface area contributed by atoms with Crippen molar-refractivity contribution in [2.45, 2.75) is 37.8 Å². The summed E-state index contributed by atoms with van der Waals surface area (Å²) in [7, 11) is 0. The summed E-state index contributed by atoms with van der Waals surface area (Å²) in [6.07, 6.45) is 8.44. The smallest absolute Gasteiger partial charge is 0.212 e. The number of nitrogens with two attached hydrogens (primary N) is 1. The quantitative estimate of drug-likeness (QED) is 0.239. The first-order valence-electron chi connectivity index (χ1n) is 8.39. The third kappa shape index (κ3) is 4.21. The SMILES string of the molecule is N=COOCc1cc(C(N)(CCC2CC2)c2ccncc2)ccc1F. The molecule has 1 fully saturated rings. The normalized spacial score (nSPS) is 16.2. The van der Waals surface area contributed by atoms with Crippen LogP contribution >= 0.6 is 0 Å². The number of pyridine rings is 1. The second-order valence-electron chi connectivity index (χ2n) is 6.47. The second kappa shape index (κ2) is 7.72.